The molecule has 92 valence electrons. The number of rotatable bonds is 7. The van der Waals surface area contributed by atoms with Crippen LogP contribution < -0.4 is 11.1 Å². The molecule has 0 saturated carbocycles. The van der Waals surface area contributed by atoms with Gasteiger partial charge >= 0.3 is 0 Å². The van der Waals surface area contributed by atoms with Gasteiger partial charge in [-0.05, 0) is 31.7 Å². The first-order valence-corrected chi connectivity index (χ1v) is 5.84. The predicted molar refractivity (Wildman–Crippen MR) is 66.0 cm³/mol. The molecule has 0 aliphatic heterocycles. The van der Waals surface area contributed by atoms with Crippen LogP contribution in [0, 0.1) is 5.41 Å². The second kappa shape index (κ2) is 7.20. The van der Waals surface area contributed by atoms with E-state index in [9.17, 15) is 0 Å². The zero-order chi connectivity index (χ0) is 11.9. The van der Waals surface area contributed by atoms with Crippen LogP contribution >= 0.6 is 0 Å². The Bertz CT molecular complexity index is 154. The second-order valence-corrected chi connectivity index (χ2v) is 5.56. The maximum absolute atomic E-state index is 6.04. The van der Waals surface area contributed by atoms with Gasteiger partial charge in [-0.3, -0.25) is 0 Å². The van der Waals surface area contributed by atoms with Crippen LogP contribution in [0.4, 0.5) is 0 Å². The minimum Gasteiger partial charge on any atom is -0.380 e. The largest absolute Gasteiger partial charge is 0.380 e. The monoisotopic (exact) mass is 216 g/mol. The van der Waals surface area contributed by atoms with Gasteiger partial charge in [0.1, 0.15) is 0 Å². The minimum atomic E-state index is 0.281. The first kappa shape index (κ1) is 14.9. The fourth-order valence-electron chi connectivity index (χ4n) is 1.56. The Morgan fingerprint density at radius 2 is 1.93 bits per heavy atom. The van der Waals surface area contributed by atoms with Crippen molar-refractivity contribution in [3.8, 4) is 0 Å². The highest BCUT2D eigenvalue weighted by Gasteiger charge is 2.15. The van der Waals surface area contributed by atoms with Crippen molar-refractivity contribution in [2.75, 3.05) is 20.2 Å². The van der Waals surface area contributed by atoms with E-state index in [1.807, 2.05) is 0 Å². The maximum Gasteiger partial charge on any atom is 0.0667 e. The molecule has 0 spiro atoms. The third-order valence-corrected chi connectivity index (χ3v) is 2.40. The Hall–Kier alpha value is -0.120. The van der Waals surface area contributed by atoms with E-state index in [0.717, 1.165) is 25.9 Å². The lowest BCUT2D eigenvalue weighted by molar-refractivity contribution is 0.117. The van der Waals surface area contributed by atoms with E-state index < -0.39 is 0 Å². The number of ether oxygens (including phenoxy) is 1. The van der Waals surface area contributed by atoms with E-state index in [2.05, 4.69) is 33.0 Å². The molecule has 3 nitrogen and oxygen atoms in total. The molecule has 0 aromatic heterocycles. The van der Waals surface area contributed by atoms with Gasteiger partial charge in [0, 0.05) is 19.7 Å². The Morgan fingerprint density at radius 3 is 2.40 bits per heavy atom. The standard InChI is InChI=1S/C12H28N2O/c1-10(15-5)9-14-7-6-11(13)8-12(2,3)4/h10-11,14H,6-9,13H2,1-5H3. The summed E-state index contributed by atoms with van der Waals surface area (Å²) in [5.41, 5.74) is 6.37. The first-order valence-electron chi connectivity index (χ1n) is 5.84. The molecule has 0 saturated heterocycles. The molecule has 0 bridgehead atoms. The van der Waals surface area contributed by atoms with Crippen molar-refractivity contribution in [2.24, 2.45) is 11.1 Å². The molecule has 0 amide bonds. The van der Waals surface area contributed by atoms with Crippen molar-refractivity contribution < 1.29 is 4.74 Å². The number of hydrogen-bond donors (Lipinski definition) is 2. The molecule has 0 heterocycles. The summed E-state index contributed by atoms with van der Waals surface area (Å²) in [4.78, 5) is 0. The number of methoxy groups -OCH3 is 1. The lowest BCUT2D eigenvalue weighted by Crippen LogP contribution is -2.33. The molecule has 3 heteroatoms. The SMILES string of the molecule is COC(C)CNCCC(N)CC(C)(C)C. The van der Waals surface area contributed by atoms with Crippen LogP contribution in [0.3, 0.4) is 0 Å². The van der Waals surface area contributed by atoms with Crippen molar-refractivity contribution in [1.82, 2.24) is 5.32 Å². The highest BCUT2D eigenvalue weighted by molar-refractivity contribution is 4.72. The van der Waals surface area contributed by atoms with Crippen molar-refractivity contribution in [3.05, 3.63) is 0 Å². The van der Waals surface area contributed by atoms with E-state index in [-0.39, 0.29) is 6.10 Å². The molecule has 0 aromatic carbocycles. The molecule has 2 atom stereocenters. The summed E-state index contributed by atoms with van der Waals surface area (Å²) in [5.74, 6) is 0. The molecule has 0 fully saturated rings. The van der Waals surface area contributed by atoms with E-state index in [1.165, 1.54) is 0 Å². The second-order valence-electron chi connectivity index (χ2n) is 5.56. The fraction of sp³-hybridized carbons (Fsp3) is 1.00. The van der Waals surface area contributed by atoms with Gasteiger partial charge in [-0.15, -0.1) is 0 Å². The van der Waals surface area contributed by atoms with E-state index in [1.54, 1.807) is 7.11 Å². The van der Waals surface area contributed by atoms with Crippen LogP contribution in [0.15, 0.2) is 0 Å². The third-order valence-electron chi connectivity index (χ3n) is 2.40. The number of hydrogen-bond acceptors (Lipinski definition) is 3. The molecule has 0 aliphatic rings. The Kier molecular flexibility index (Phi) is 7.14. The molecule has 0 rings (SSSR count). The lowest BCUT2D eigenvalue weighted by atomic mass is 9.87. The summed E-state index contributed by atoms with van der Waals surface area (Å²) in [6, 6.07) is 0.301. The first-order chi connectivity index (χ1) is 6.85. The van der Waals surface area contributed by atoms with Gasteiger partial charge in [0.15, 0.2) is 0 Å². The average Bonchev–Trinajstić information content (AvgIpc) is 2.09. The van der Waals surface area contributed by atoms with Gasteiger partial charge in [-0.25, -0.2) is 0 Å². The molecular formula is C12H28N2O. The summed E-state index contributed by atoms with van der Waals surface area (Å²) in [6.45, 7) is 10.6. The highest BCUT2D eigenvalue weighted by Crippen LogP contribution is 2.20. The van der Waals surface area contributed by atoms with E-state index in [0.29, 0.717) is 11.5 Å². The maximum atomic E-state index is 6.04. The van der Waals surface area contributed by atoms with E-state index >= 15 is 0 Å². The molecule has 0 aliphatic carbocycles. The molecule has 2 unspecified atom stereocenters. The quantitative estimate of drug-likeness (QED) is 0.638. The highest BCUT2D eigenvalue weighted by atomic mass is 16.5. The Balaban J connectivity index is 3.43. The van der Waals surface area contributed by atoms with Gasteiger partial charge in [0.05, 0.1) is 6.10 Å². The summed E-state index contributed by atoms with van der Waals surface area (Å²) >= 11 is 0. The van der Waals surface area contributed by atoms with Crippen molar-refractivity contribution in [3.63, 3.8) is 0 Å². The lowest BCUT2D eigenvalue weighted by Gasteiger charge is -2.23. The number of nitrogens with two attached hydrogens (primary N) is 1. The van der Waals surface area contributed by atoms with Gasteiger partial charge in [-0.2, -0.15) is 0 Å². The van der Waals surface area contributed by atoms with E-state index in [4.69, 9.17) is 10.5 Å². The zero-order valence-corrected chi connectivity index (χ0v) is 11.0. The molecular weight excluding hydrogens is 188 g/mol. The molecule has 0 radical (unpaired) electrons. The smallest absolute Gasteiger partial charge is 0.0667 e. The summed E-state index contributed by atoms with van der Waals surface area (Å²) in [7, 11) is 1.73. The zero-order valence-electron chi connectivity index (χ0n) is 11.0. The number of nitrogens with one attached hydrogen (secondary N) is 1. The summed E-state index contributed by atoms with van der Waals surface area (Å²) in [6.07, 6.45) is 2.39. The third kappa shape index (κ3) is 10.2. The van der Waals surface area contributed by atoms with Crippen LogP contribution in [-0.4, -0.2) is 32.3 Å². The Morgan fingerprint density at radius 1 is 1.33 bits per heavy atom. The molecule has 3 N–H and O–H groups in total. The molecule has 0 aromatic rings. The average molecular weight is 216 g/mol. The van der Waals surface area contributed by atoms with Crippen molar-refractivity contribution in [1.29, 1.82) is 0 Å². The van der Waals surface area contributed by atoms with Crippen LogP contribution in [0.25, 0.3) is 0 Å². The topological polar surface area (TPSA) is 47.3 Å². The van der Waals surface area contributed by atoms with Crippen LogP contribution in [0.2, 0.25) is 0 Å². The van der Waals surface area contributed by atoms with Crippen LogP contribution in [0.5, 0.6) is 0 Å². The van der Waals surface area contributed by atoms with Crippen LogP contribution in [-0.2, 0) is 4.74 Å². The van der Waals surface area contributed by atoms with Crippen LogP contribution in [0.1, 0.15) is 40.5 Å². The fourth-order valence-corrected chi connectivity index (χ4v) is 1.56. The van der Waals surface area contributed by atoms with Gasteiger partial charge in [-0.1, -0.05) is 20.8 Å². The molecule has 15 heavy (non-hydrogen) atoms. The van der Waals surface area contributed by atoms with Gasteiger partial charge < -0.3 is 15.8 Å². The van der Waals surface area contributed by atoms with Crippen molar-refractivity contribution >= 4 is 0 Å². The Labute approximate surface area is 94.8 Å². The summed E-state index contributed by atoms with van der Waals surface area (Å²) < 4.78 is 5.14. The summed E-state index contributed by atoms with van der Waals surface area (Å²) in [5, 5.41) is 3.35. The predicted octanol–water partition coefficient (Wildman–Crippen LogP) is 1.76. The van der Waals surface area contributed by atoms with Gasteiger partial charge in [0.2, 0.25) is 0 Å². The van der Waals surface area contributed by atoms with Gasteiger partial charge in [0.25, 0.3) is 0 Å². The minimum absolute atomic E-state index is 0.281. The van der Waals surface area contributed by atoms with Crippen molar-refractivity contribution in [2.45, 2.75) is 52.7 Å². The normalized spacial score (nSPS) is 16.4.